The largest absolute Gasteiger partial charge is 0.495 e. The van der Waals surface area contributed by atoms with Gasteiger partial charge in [-0.2, -0.15) is 0 Å². The van der Waals surface area contributed by atoms with Gasteiger partial charge in [0.2, 0.25) is 0 Å². The van der Waals surface area contributed by atoms with Gasteiger partial charge in [-0.05, 0) is 31.2 Å². The molecule has 0 radical (unpaired) electrons. The monoisotopic (exact) mass is 461 g/mol. The lowest BCUT2D eigenvalue weighted by molar-refractivity contribution is -0.112. The molecule has 0 atom stereocenters. The highest BCUT2D eigenvalue weighted by atomic mass is 35.5. The molecule has 0 fully saturated rings. The van der Waals surface area contributed by atoms with Gasteiger partial charge in [0.25, 0.3) is 5.91 Å². The van der Waals surface area contributed by atoms with Crippen LogP contribution in [0.3, 0.4) is 0 Å². The van der Waals surface area contributed by atoms with E-state index in [4.69, 9.17) is 21.7 Å². The van der Waals surface area contributed by atoms with E-state index in [0.29, 0.717) is 17.1 Å². The van der Waals surface area contributed by atoms with E-state index < -0.39 is 5.91 Å². The van der Waals surface area contributed by atoms with Crippen molar-refractivity contribution in [2.75, 3.05) is 12.4 Å². The number of anilines is 1. The predicted octanol–water partition coefficient (Wildman–Crippen LogP) is 4.14. The minimum absolute atomic E-state index is 0.0846. The molecular formula is C23H20ClN7O2. The molecule has 2 heterocycles. The molecule has 0 unspecified atom stereocenters. The van der Waals surface area contributed by atoms with Gasteiger partial charge in [0.15, 0.2) is 0 Å². The fourth-order valence-corrected chi connectivity index (χ4v) is 3.36. The summed E-state index contributed by atoms with van der Waals surface area (Å²) >= 11 is 6.27. The van der Waals surface area contributed by atoms with Crippen LogP contribution in [0.15, 0.2) is 72.3 Å². The summed E-state index contributed by atoms with van der Waals surface area (Å²) in [5, 5.41) is 18.5. The molecule has 0 aliphatic rings. The van der Waals surface area contributed by atoms with E-state index in [-0.39, 0.29) is 10.7 Å². The highest BCUT2D eigenvalue weighted by molar-refractivity contribution is 6.48. The number of amides is 1. The highest BCUT2D eigenvalue weighted by Gasteiger charge is 2.17. The zero-order valence-electron chi connectivity index (χ0n) is 17.9. The summed E-state index contributed by atoms with van der Waals surface area (Å²) in [4.78, 5) is 16.8. The van der Waals surface area contributed by atoms with Gasteiger partial charge in [0.1, 0.15) is 22.2 Å². The predicted molar refractivity (Wildman–Crippen MR) is 127 cm³/mol. The van der Waals surface area contributed by atoms with E-state index >= 15 is 0 Å². The van der Waals surface area contributed by atoms with Crippen molar-refractivity contribution in [2.24, 2.45) is 0 Å². The molecule has 1 amide bonds. The molecule has 4 aromatic rings. The van der Waals surface area contributed by atoms with Gasteiger partial charge < -0.3 is 20.0 Å². The van der Waals surface area contributed by atoms with E-state index in [0.717, 1.165) is 23.2 Å². The Hall–Kier alpha value is -4.24. The molecule has 33 heavy (non-hydrogen) atoms. The summed E-state index contributed by atoms with van der Waals surface area (Å²) in [6.07, 6.45) is 6.16. The van der Waals surface area contributed by atoms with Gasteiger partial charge in [-0.3, -0.25) is 4.79 Å². The van der Waals surface area contributed by atoms with Crippen LogP contribution >= 0.6 is 11.6 Å². The normalized spacial score (nSPS) is 11.6. The molecule has 10 heteroatoms. The van der Waals surface area contributed by atoms with Gasteiger partial charge in [0.05, 0.1) is 31.0 Å². The van der Waals surface area contributed by atoms with Crippen molar-refractivity contribution >= 4 is 35.1 Å². The van der Waals surface area contributed by atoms with E-state index in [1.165, 1.54) is 4.68 Å². The fourth-order valence-electron chi connectivity index (χ4n) is 3.17. The number of benzene rings is 2. The maximum atomic E-state index is 12.5. The van der Waals surface area contributed by atoms with Crippen LogP contribution in [-0.2, 0) is 4.79 Å². The van der Waals surface area contributed by atoms with Crippen molar-refractivity contribution in [1.82, 2.24) is 24.5 Å². The molecule has 0 aliphatic heterocycles. The minimum Gasteiger partial charge on any atom is -0.495 e. The Balaban J connectivity index is 1.63. The van der Waals surface area contributed by atoms with Crippen LogP contribution in [0.1, 0.15) is 5.69 Å². The first kappa shape index (κ1) is 22.0. The molecule has 9 nitrogen and oxygen atoms in total. The molecule has 0 saturated heterocycles. The number of aryl methyl sites for hydroxylation is 1. The number of hydrogen-bond donors (Lipinski definition) is 2. The topological polar surface area (TPSA) is 111 Å². The molecule has 2 N–H and O–H groups in total. The molecule has 0 spiro atoms. The van der Waals surface area contributed by atoms with Gasteiger partial charge >= 0.3 is 0 Å². The lowest BCUT2D eigenvalue weighted by Gasteiger charge is -2.10. The third-order valence-corrected chi connectivity index (χ3v) is 5.16. The van der Waals surface area contributed by atoms with Gasteiger partial charge in [-0.25, -0.2) is 9.67 Å². The summed E-state index contributed by atoms with van der Waals surface area (Å²) in [6, 6.07) is 14.5. The number of aromatic nitrogens is 5. The van der Waals surface area contributed by atoms with E-state index in [1.54, 1.807) is 43.9 Å². The minimum atomic E-state index is -0.555. The Kier molecular flexibility index (Phi) is 6.32. The summed E-state index contributed by atoms with van der Waals surface area (Å²) < 4.78 is 8.71. The average molecular weight is 462 g/mol. The molecule has 0 saturated carbocycles. The second-order valence-corrected chi connectivity index (χ2v) is 7.40. The lowest BCUT2D eigenvalue weighted by atomic mass is 10.1. The average Bonchev–Trinajstić information content (AvgIpc) is 3.49. The first-order valence-corrected chi connectivity index (χ1v) is 10.3. The zero-order valence-corrected chi connectivity index (χ0v) is 18.6. The Morgan fingerprint density at radius 1 is 1.18 bits per heavy atom. The number of nitrogens with one attached hydrogen (secondary N) is 2. The maximum Gasteiger partial charge on any atom is 0.269 e. The number of ether oxygens (including phenoxy) is 1. The van der Waals surface area contributed by atoms with Crippen molar-refractivity contribution in [2.45, 2.75) is 6.92 Å². The third kappa shape index (κ3) is 4.68. The number of imidazole rings is 1. The van der Waals surface area contributed by atoms with Gasteiger partial charge in [0, 0.05) is 23.7 Å². The smallest absolute Gasteiger partial charge is 0.269 e. The molecule has 2 aromatic carbocycles. The molecule has 2 aromatic heterocycles. The standard InChI is InChI=1S/C23H20ClN7O2/c1-15-12-30(14-26-15)19-9-8-16(10-21(19)33-2)18-13-31(29-28-18)20(11-25)22(24)23(32)27-17-6-4-3-5-7-17/h3-14,25H,1-2H3,(H,27,32)/b22-20-,25-11?. The van der Waals surface area contributed by atoms with Crippen molar-refractivity contribution < 1.29 is 9.53 Å². The molecular weight excluding hydrogens is 442 g/mol. The number of methoxy groups -OCH3 is 1. The first-order chi connectivity index (χ1) is 16.0. The Labute approximate surface area is 194 Å². The summed E-state index contributed by atoms with van der Waals surface area (Å²) in [7, 11) is 1.59. The Morgan fingerprint density at radius 3 is 2.64 bits per heavy atom. The van der Waals surface area contributed by atoms with Crippen molar-refractivity contribution in [1.29, 1.82) is 5.41 Å². The number of para-hydroxylation sites is 1. The number of hydrogen-bond acceptors (Lipinski definition) is 6. The molecule has 4 rings (SSSR count). The molecule has 0 bridgehead atoms. The van der Waals surface area contributed by atoms with Crippen LogP contribution in [0.4, 0.5) is 5.69 Å². The van der Waals surface area contributed by atoms with Crippen LogP contribution in [0.2, 0.25) is 0 Å². The second kappa shape index (κ2) is 9.49. The number of carbonyl (C=O) groups is 1. The SMILES string of the molecule is COc1cc(-c2cn(/C(C=N)=C(\Cl)C(=O)Nc3ccccc3)nn2)ccc1-n1cnc(C)c1. The third-order valence-electron chi connectivity index (χ3n) is 4.80. The van der Waals surface area contributed by atoms with Crippen LogP contribution < -0.4 is 10.1 Å². The van der Waals surface area contributed by atoms with E-state index in [9.17, 15) is 4.79 Å². The zero-order chi connectivity index (χ0) is 23.4. The number of rotatable bonds is 7. The molecule has 0 aliphatic carbocycles. The van der Waals surface area contributed by atoms with E-state index in [2.05, 4.69) is 20.6 Å². The summed E-state index contributed by atoms with van der Waals surface area (Å²) in [6.45, 7) is 1.91. The maximum absolute atomic E-state index is 12.5. The Bertz CT molecular complexity index is 1340. The van der Waals surface area contributed by atoms with E-state index in [1.807, 2.05) is 42.0 Å². The lowest BCUT2D eigenvalue weighted by Crippen LogP contribution is -2.15. The van der Waals surface area contributed by atoms with Crippen LogP contribution in [0, 0.1) is 12.3 Å². The quantitative estimate of drug-likeness (QED) is 0.317. The fraction of sp³-hybridized carbons (Fsp3) is 0.0870. The number of nitrogens with zero attached hydrogens (tertiary/aromatic N) is 5. The number of halogens is 1. The van der Waals surface area contributed by atoms with Crippen molar-refractivity contribution in [3.8, 4) is 22.7 Å². The van der Waals surface area contributed by atoms with Crippen LogP contribution in [-0.4, -0.2) is 43.8 Å². The highest BCUT2D eigenvalue weighted by Crippen LogP contribution is 2.29. The van der Waals surface area contributed by atoms with Crippen molar-refractivity contribution in [3.05, 3.63) is 78.0 Å². The Morgan fingerprint density at radius 2 is 1.97 bits per heavy atom. The van der Waals surface area contributed by atoms with Crippen LogP contribution in [0.25, 0.3) is 22.6 Å². The van der Waals surface area contributed by atoms with Gasteiger partial charge in [-0.1, -0.05) is 41.1 Å². The number of carbonyl (C=O) groups excluding carboxylic acids is 1. The molecule has 166 valence electrons. The van der Waals surface area contributed by atoms with Crippen LogP contribution in [0.5, 0.6) is 5.75 Å². The van der Waals surface area contributed by atoms with Gasteiger partial charge in [-0.15, -0.1) is 5.10 Å². The number of allylic oxidation sites excluding steroid dienone is 1. The summed E-state index contributed by atoms with van der Waals surface area (Å²) in [5.41, 5.74) is 3.66. The first-order valence-electron chi connectivity index (χ1n) is 9.89. The second-order valence-electron chi connectivity index (χ2n) is 7.02. The van der Waals surface area contributed by atoms with Crippen molar-refractivity contribution in [3.63, 3.8) is 0 Å². The summed E-state index contributed by atoms with van der Waals surface area (Å²) in [5.74, 6) is 0.0719.